The second-order valence-electron chi connectivity index (χ2n) is 10.5. The van der Waals surface area contributed by atoms with Gasteiger partial charge in [0.2, 0.25) is 0 Å². The molecule has 1 aliphatic rings. The van der Waals surface area contributed by atoms with Crippen LogP contribution < -0.4 is 5.32 Å². The number of nitrogens with zero attached hydrogens (tertiary/aromatic N) is 1. The van der Waals surface area contributed by atoms with Crippen LogP contribution >= 0.6 is 11.8 Å². The molecule has 4 atom stereocenters. The third-order valence-electron chi connectivity index (χ3n) is 8.02. The molecule has 2 amide bonds. The van der Waals surface area contributed by atoms with Crippen molar-refractivity contribution in [1.29, 1.82) is 0 Å². The van der Waals surface area contributed by atoms with Gasteiger partial charge in [-0.25, -0.2) is 9.59 Å². The predicted molar refractivity (Wildman–Crippen MR) is 162 cm³/mol. The highest BCUT2D eigenvalue weighted by Crippen LogP contribution is 2.56. The topological polar surface area (TPSA) is 86.7 Å². The maximum atomic E-state index is 14.6. The number of hydrogen-bond acceptors (Lipinski definition) is 4. The van der Waals surface area contributed by atoms with Gasteiger partial charge in [-0.3, -0.25) is 9.69 Å². The van der Waals surface area contributed by atoms with E-state index in [1.54, 1.807) is 55.1 Å². The largest absolute Gasteiger partial charge is 0.479 e. The zero-order valence-electron chi connectivity index (χ0n) is 23.2. The molecule has 4 unspecified atom stereocenters. The molecule has 1 heterocycles. The number of Topliss-reactive ketones (excluding diaryl/α,β-unsaturated/α-hetero) is 1. The zero-order valence-corrected chi connectivity index (χ0v) is 24.0. The van der Waals surface area contributed by atoms with E-state index >= 15 is 0 Å². The number of rotatable bonds is 7. The van der Waals surface area contributed by atoms with Gasteiger partial charge >= 0.3 is 12.0 Å². The molecule has 0 spiro atoms. The first-order chi connectivity index (χ1) is 19.8. The van der Waals surface area contributed by atoms with E-state index in [1.807, 2.05) is 86.0 Å². The number of thioether (sulfide) groups is 1. The van der Waals surface area contributed by atoms with Gasteiger partial charge in [-0.1, -0.05) is 90.5 Å². The number of nitrogens with one attached hydrogen (secondary N) is 1. The smallest absolute Gasteiger partial charge is 0.330 e. The lowest BCUT2D eigenvalue weighted by Crippen LogP contribution is -2.55. The van der Waals surface area contributed by atoms with Crippen LogP contribution in [0.3, 0.4) is 0 Å². The summed E-state index contributed by atoms with van der Waals surface area (Å²) in [6.45, 7) is 3.52. The summed E-state index contributed by atoms with van der Waals surface area (Å²) in [4.78, 5) is 44.5. The normalized spacial score (nSPS) is 21.8. The van der Waals surface area contributed by atoms with Crippen LogP contribution in [0.15, 0.2) is 114 Å². The second-order valence-corrected chi connectivity index (χ2v) is 11.4. The molecule has 1 saturated heterocycles. The Balaban J connectivity index is 1.75. The summed E-state index contributed by atoms with van der Waals surface area (Å²) in [5, 5.41) is 13.8. The lowest BCUT2D eigenvalue weighted by molar-refractivity contribution is -0.148. The average Bonchev–Trinajstić information content (AvgIpc) is 3.28. The fourth-order valence-electron chi connectivity index (χ4n) is 5.96. The minimum Gasteiger partial charge on any atom is -0.479 e. The van der Waals surface area contributed by atoms with E-state index in [-0.39, 0.29) is 5.78 Å². The van der Waals surface area contributed by atoms with Crippen molar-refractivity contribution in [3.63, 3.8) is 0 Å². The molecule has 0 radical (unpaired) electrons. The fourth-order valence-corrected chi connectivity index (χ4v) is 6.37. The van der Waals surface area contributed by atoms with E-state index in [4.69, 9.17) is 0 Å². The van der Waals surface area contributed by atoms with Gasteiger partial charge in [0.15, 0.2) is 5.78 Å². The van der Waals surface area contributed by atoms with Crippen molar-refractivity contribution >= 4 is 35.2 Å². The van der Waals surface area contributed by atoms with E-state index in [2.05, 4.69) is 5.32 Å². The Morgan fingerprint density at radius 2 is 1.39 bits per heavy atom. The number of aliphatic carboxylic acids is 1. The van der Waals surface area contributed by atoms with Crippen molar-refractivity contribution in [3.8, 4) is 0 Å². The highest BCUT2D eigenvalue weighted by atomic mass is 32.2. The van der Waals surface area contributed by atoms with Crippen molar-refractivity contribution in [2.24, 2.45) is 5.92 Å². The van der Waals surface area contributed by atoms with Crippen molar-refractivity contribution in [3.05, 3.63) is 131 Å². The Morgan fingerprint density at radius 1 is 0.805 bits per heavy atom. The standard InChI is InChI=1S/C34H32N2O4S/c1-22-14-16-24(17-15-22)30-28(31(37)25-18-20-27(41-3)21-19-25)29(23-10-6-4-7-11-23)34(2,32(38)39)36(30)33(40)35-26-12-8-5-9-13-26/h4-21,28-30H,1-3H3,(H,35,40)(H,38,39). The maximum Gasteiger partial charge on any atom is 0.330 e. The molecule has 0 saturated carbocycles. The van der Waals surface area contributed by atoms with Gasteiger partial charge in [0.05, 0.1) is 12.0 Å². The first-order valence-electron chi connectivity index (χ1n) is 13.4. The van der Waals surface area contributed by atoms with Gasteiger partial charge in [-0.05, 0) is 55.5 Å². The number of likely N-dealkylation sites (tertiary alicyclic amines) is 1. The second kappa shape index (κ2) is 11.6. The zero-order chi connectivity index (χ0) is 29.1. The van der Waals surface area contributed by atoms with E-state index in [1.165, 1.54) is 4.90 Å². The van der Waals surface area contributed by atoms with E-state index in [9.17, 15) is 19.5 Å². The van der Waals surface area contributed by atoms with Crippen LogP contribution in [0.25, 0.3) is 0 Å². The number of para-hydroxylation sites is 1. The predicted octanol–water partition coefficient (Wildman–Crippen LogP) is 7.43. The molecule has 0 aromatic heterocycles. The summed E-state index contributed by atoms with van der Waals surface area (Å²) in [5.41, 5.74) is 1.65. The minimum atomic E-state index is -1.75. The maximum absolute atomic E-state index is 14.6. The van der Waals surface area contributed by atoms with Gasteiger partial charge < -0.3 is 10.4 Å². The molecular weight excluding hydrogens is 532 g/mol. The van der Waals surface area contributed by atoms with Crippen molar-refractivity contribution in [1.82, 2.24) is 4.90 Å². The van der Waals surface area contributed by atoms with E-state index < -0.39 is 35.4 Å². The number of carbonyl (C=O) groups excluding carboxylic acids is 2. The Kier molecular flexibility index (Phi) is 7.99. The Hall–Kier alpha value is -4.36. The lowest BCUT2D eigenvalue weighted by atomic mass is 9.71. The number of amides is 2. The molecule has 4 aromatic rings. The van der Waals surface area contributed by atoms with Crippen LogP contribution in [0, 0.1) is 12.8 Å². The van der Waals surface area contributed by atoms with Gasteiger partial charge in [-0.15, -0.1) is 11.8 Å². The lowest BCUT2D eigenvalue weighted by Gasteiger charge is -2.37. The third kappa shape index (κ3) is 5.25. The minimum absolute atomic E-state index is 0.209. The SMILES string of the molecule is CSc1ccc(C(=O)C2C(c3ccc(C)cc3)N(C(=O)Nc3ccccc3)C(C)(C(=O)O)C2c2ccccc2)cc1. The van der Waals surface area contributed by atoms with Gasteiger partial charge in [-0.2, -0.15) is 0 Å². The molecule has 1 fully saturated rings. The Morgan fingerprint density at radius 3 is 1.95 bits per heavy atom. The number of carboxylic acids is 1. The summed E-state index contributed by atoms with van der Waals surface area (Å²) in [5.74, 6) is -3.09. The van der Waals surface area contributed by atoms with Crippen LogP contribution in [-0.4, -0.2) is 39.6 Å². The quantitative estimate of drug-likeness (QED) is 0.180. The summed E-state index contributed by atoms with van der Waals surface area (Å²) >= 11 is 1.58. The number of benzene rings is 4. The van der Waals surface area contributed by atoms with Crippen LogP contribution in [0.1, 0.15) is 45.9 Å². The molecule has 6 nitrogen and oxygen atoms in total. The molecule has 7 heteroatoms. The molecule has 4 aromatic carbocycles. The van der Waals surface area contributed by atoms with Gasteiger partial charge in [0.1, 0.15) is 5.54 Å². The number of anilines is 1. The number of ketones is 1. The average molecular weight is 565 g/mol. The summed E-state index contributed by atoms with van der Waals surface area (Å²) in [7, 11) is 0. The number of urea groups is 1. The van der Waals surface area contributed by atoms with Crippen LogP contribution in [-0.2, 0) is 4.79 Å². The number of aryl methyl sites for hydroxylation is 1. The van der Waals surface area contributed by atoms with Crippen LogP contribution in [0.5, 0.6) is 0 Å². The molecular formula is C34H32N2O4S. The van der Waals surface area contributed by atoms with Gasteiger partial charge in [0.25, 0.3) is 0 Å². The van der Waals surface area contributed by atoms with Crippen molar-refractivity contribution < 1.29 is 19.5 Å². The molecule has 41 heavy (non-hydrogen) atoms. The fraction of sp³-hybridized carbons (Fsp3) is 0.206. The third-order valence-corrected chi connectivity index (χ3v) is 8.76. The van der Waals surface area contributed by atoms with Crippen molar-refractivity contribution in [2.45, 2.75) is 36.2 Å². The van der Waals surface area contributed by atoms with Crippen LogP contribution in [0.2, 0.25) is 0 Å². The number of carbonyl (C=O) groups is 3. The highest BCUT2D eigenvalue weighted by Gasteiger charge is 2.65. The number of carboxylic acid groups (broad SMARTS) is 1. The Bertz CT molecular complexity index is 1540. The summed E-state index contributed by atoms with van der Waals surface area (Å²) in [6, 6.07) is 31.7. The first-order valence-corrected chi connectivity index (χ1v) is 14.7. The molecule has 0 bridgehead atoms. The first kappa shape index (κ1) is 28.2. The summed E-state index contributed by atoms with van der Waals surface area (Å²) < 4.78 is 0. The molecule has 1 aliphatic heterocycles. The molecule has 5 rings (SSSR count). The van der Waals surface area contributed by atoms with Crippen molar-refractivity contribution in [2.75, 3.05) is 11.6 Å². The molecule has 0 aliphatic carbocycles. The summed E-state index contributed by atoms with van der Waals surface area (Å²) in [6.07, 6.45) is 1.97. The van der Waals surface area contributed by atoms with E-state index in [0.29, 0.717) is 22.4 Å². The monoisotopic (exact) mass is 564 g/mol. The Labute approximate surface area is 244 Å². The van der Waals surface area contributed by atoms with Gasteiger partial charge in [0, 0.05) is 22.1 Å². The molecule has 208 valence electrons. The molecule has 2 N–H and O–H groups in total. The van der Waals surface area contributed by atoms with E-state index in [0.717, 1.165) is 10.5 Å². The van der Waals surface area contributed by atoms with Crippen LogP contribution in [0.4, 0.5) is 10.5 Å². The number of hydrogen-bond donors (Lipinski definition) is 2. The highest BCUT2D eigenvalue weighted by molar-refractivity contribution is 7.98.